The molecule has 0 saturated carbocycles. The Morgan fingerprint density at radius 1 is 1.19 bits per heavy atom. The van der Waals surface area contributed by atoms with Gasteiger partial charge in [-0.15, -0.1) is 0 Å². The number of ether oxygens (including phenoxy) is 1. The third kappa shape index (κ3) is 4.71. The zero-order valence-electron chi connectivity index (χ0n) is 12.1. The number of carbonyl (C=O) groups excluding carboxylic acids is 1. The molecule has 0 N–H and O–H groups in total. The zero-order valence-corrected chi connectivity index (χ0v) is 13.8. The first kappa shape index (κ1) is 17.4. The van der Waals surface area contributed by atoms with Crippen molar-refractivity contribution in [3.63, 3.8) is 0 Å². The fraction of sp³-hybridized carbons (Fsp3) is 0.417. The van der Waals surface area contributed by atoms with Crippen LogP contribution in [0.5, 0.6) is 0 Å². The molecule has 9 heteroatoms. The van der Waals surface area contributed by atoms with Gasteiger partial charge in [0.2, 0.25) is 10.9 Å². The molecular weight excluding hydrogens is 318 g/mol. The molecule has 0 spiro atoms. The molecule has 0 aliphatic heterocycles. The molecule has 0 radical (unpaired) electrons. The lowest BCUT2D eigenvalue weighted by Gasteiger charge is -2.24. The van der Waals surface area contributed by atoms with E-state index in [1.807, 2.05) is 0 Å². The Kier molecular flexibility index (Phi) is 5.00. The first-order valence-corrected chi connectivity index (χ1v) is 8.92. The van der Waals surface area contributed by atoms with Gasteiger partial charge in [0.15, 0.2) is 9.84 Å². The number of sulfone groups is 1. The van der Waals surface area contributed by atoms with Gasteiger partial charge in [-0.2, -0.15) is 4.31 Å². The van der Waals surface area contributed by atoms with Crippen LogP contribution in [-0.2, 0) is 25.5 Å². The molecule has 1 aromatic rings. The Morgan fingerprint density at radius 3 is 2.14 bits per heavy atom. The Morgan fingerprint density at radius 2 is 1.71 bits per heavy atom. The molecule has 1 aromatic carbocycles. The van der Waals surface area contributed by atoms with Gasteiger partial charge in [-0.1, -0.05) is 12.1 Å². The number of benzene rings is 1. The number of anilines is 1. The van der Waals surface area contributed by atoms with Gasteiger partial charge >= 0.3 is 6.09 Å². The first-order valence-electron chi connectivity index (χ1n) is 5.90. The smallest absolute Gasteiger partial charge is 0.428 e. The fourth-order valence-electron chi connectivity index (χ4n) is 1.50. The molecule has 0 bridgehead atoms. The summed E-state index contributed by atoms with van der Waals surface area (Å²) >= 11 is 0. The zero-order chi connectivity index (χ0) is 16.4. The molecule has 7 nitrogen and oxygen atoms in total. The molecule has 1 amide bonds. The Labute approximate surface area is 125 Å². The van der Waals surface area contributed by atoms with Crippen LogP contribution in [-0.4, -0.2) is 34.8 Å². The van der Waals surface area contributed by atoms with Gasteiger partial charge in [-0.05, 0) is 32.9 Å². The number of rotatable bonds is 3. The number of hydrogen-bond acceptors (Lipinski definition) is 6. The number of hydrogen-bond donors (Lipinski definition) is 1. The van der Waals surface area contributed by atoms with Crippen molar-refractivity contribution in [2.45, 2.75) is 31.3 Å². The van der Waals surface area contributed by atoms with E-state index >= 15 is 0 Å². The van der Waals surface area contributed by atoms with Crippen LogP contribution in [0, 0.1) is 0 Å². The van der Waals surface area contributed by atoms with Crippen molar-refractivity contribution >= 4 is 32.5 Å². The van der Waals surface area contributed by atoms with Crippen LogP contribution in [0.4, 0.5) is 10.5 Å². The molecule has 0 aromatic heterocycles. The van der Waals surface area contributed by atoms with Crippen molar-refractivity contribution in [2.75, 3.05) is 10.6 Å². The minimum Gasteiger partial charge on any atom is -0.443 e. The van der Waals surface area contributed by atoms with Crippen LogP contribution in [0.2, 0.25) is 0 Å². The Bertz CT molecular complexity index is 708. The summed E-state index contributed by atoms with van der Waals surface area (Å²) in [5, 5.41) is 0. The van der Waals surface area contributed by atoms with E-state index in [4.69, 9.17) is 4.74 Å². The van der Waals surface area contributed by atoms with E-state index in [0.717, 1.165) is 6.26 Å². The molecule has 0 heterocycles. The van der Waals surface area contributed by atoms with Crippen LogP contribution < -0.4 is 4.31 Å². The van der Waals surface area contributed by atoms with E-state index in [1.165, 1.54) is 24.3 Å². The average Bonchev–Trinajstić information content (AvgIpc) is 2.25. The van der Waals surface area contributed by atoms with Crippen LogP contribution in [0.25, 0.3) is 0 Å². The monoisotopic (exact) mass is 335 g/mol. The predicted octanol–water partition coefficient (Wildman–Crippen LogP) is 1.36. The van der Waals surface area contributed by atoms with E-state index in [1.54, 1.807) is 20.8 Å². The number of carbonyl (C=O) groups is 1. The molecule has 0 unspecified atom stereocenters. The Hall–Kier alpha value is -1.61. The fourth-order valence-corrected chi connectivity index (χ4v) is 2.96. The second-order valence-corrected chi connectivity index (χ2v) is 8.13. The second-order valence-electron chi connectivity index (χ2n) is 5.27. The van der Waals surface area contributed by atoms with E-state index < -0.39 is 32.4 Å². The highest BCUT2D eigenvalue weighted by molar-refractivity contribution is 7.91. The average molecular weight is 335 g/mol. The van der Waals surface area contributed by atoms with Gasteiger partial charge in [-0.25, -0.2) is 21.6 Å². The topological polar surface area (TPSA) is 97.8 Å². The predicted molar refractivity (Wildman–Crippen MR) is 78.6 cm³/mol. The Balaban J connectivity index is 3.42. The van der Waals surface area contributed by atoms with Crippen molar-refractivity contribution in [3.8, 4) is 0 Å². The maximum Gasteiger partial charge on any atom is 0.428 e. The van der Waals surface area contributed by atoms with Gasteiger partial charge < -0.3 is 4.74 Å². The molecule has 118 valence electrons. The summed E-state index contributed by atoms with van der Waals surface area (Å²) in [5.74, 6) is 0. The molecule has 0 atom stereocenters. The summed E-state index contributed by atoms with van der Waals surface area (Å²) in [5.41, 5.74) is -1.17. The molecule has 0 saturated heterocycles. The van der Waals surface area contributed by atoms with Gasteiger partial charge in [0, 0.05) is 6.26 Å². The van der Waals surface area contributed by atoms with E-state index in [9.17, 15) is 21.6 Å². The molecule has 0 aliphatic carbocycles. The molecule has 0 fully saturated rings. The lowest BCUT2D eigenvalue weighted by molar-refractivity contribution is 0.0609. The summed E-state index contributed by atoms with van der Waals surface area (Å²) in [4.78, 5) is 11.7. The normalized spacial score (nSPS) is 12.2. The number of para-hydroxylation sites is 1. The summed E-state index contributed by atoms with van der Waals surface area (Å²) in [6.07, 6.45) is -0.230. The number of thiol groups is 1. The quantitative estimate of drug-likeness (QED) is 0.838. The van der Waals surface area contributed by atoms with Crippen molar-refractivity contribution in [3.05, 3.63) is 24.3 Å². The summed E-state index contributed by atoms with van der Waals surface area (Å²) in [6, 6.07) is 5.32. The van der Waals surface area contributed by atoms with Gasteiger partial charge in [0.1, 0.15) is 5.60 Å². The number of nitrogens with zero attached hydrogens (tertiary/aromatic N) is 1. The third-order valence-electron chi connectivity index (χ3n) is 2.22. The maximum atomic E-state index is 12.0. The minimum atomic E-state index is -3.71. The van der Waals surface area contributed by atoms with E-state index in [-0.39, 0.29) is 10.6 Å². The van der Waals surface area contributed by atoms with Crippen LogP contribution in [0.1, 0.15) is 20.8 Å². The van der Waals surface area contributed by atoms with E-state index in [2.05, 4.69) is 0 Å². The summed E-state index contributed by atoms with van der Waals surface area (Å²) < 4.78 is 51.5. The highest BCUT2D eigenvalue weighted by Gasteiger charge is 2.29. The summed E-state index contributed by atoms with van der Waals surface area (Å²) in [6.45, 7) is 4.72. The lowest BCUT2D eigenvalue weighted by atomic mass is 10.2. The molecular formula is C12H17NO6S2. The van der Waals surface area contributed by atoms with Gasteiger partial charge in [0.05, 0.1) is 10.6 Å². The van der Waals surface area contributed by atoms with Crippen molar-refractivity contribution < 1.29 is 26.4 Å². The van der Waals surface area contributed by atoms with Crippen LogP contribution >= 0.6 is 0 Å². The third-order valence-corrected chi connectivity index (χ3v) is 4.07. The number of amides is 1. The highest BCUT2D eigenvalue weighted by Crippen LogP contribution is 2.26. The van der Waals surface area contributed by atoms with Crippen molar-refractivity contribution in [1.82, 2.24) is 0 Å². The largest absolute Gasteiger partial charge is 0.443 e. The van der Waals surface area contributed by atoms with Gasteiger partial charge in [0.25, 0.3) is 0 Å². The van der Waals surface area contributed by atoms with Crippen molar-refractivity contribution in [1.29, 1.82) is 0 Å². The van der Waals surface area contributed by atoms with Crippen LogP contribution in [0.15, 0.2) is 29.2 Å². The maximum absolute atomic E-state index is 12.0. The summed E-state index contributed by atoms with van der Waals surface area (Å²) in [7, 11) is -7.11. The van der Waals surface area contributed by atoms with Crippen LogP contribution in [0.3, 0.4) is 0 Å². The molecule has 0 aliphatic rings. The van der Waals surface area contributed by atoms with E-state index in [0.29, 0.717) is 4.31 Å². The molecule has 1 rings (SSSR count). The standard InChI is InChI=1S/C12H17NO6S2/c1-12(2,3)19-11(14)13(20(15)16)9-7-5-6-8-10(9)21(4,17)18/h5-8,20H,1-4H3. The SMILES string of the molecule is CC(C)(C)OC(=O)N(c1ccccc1S(C)(=O)=O)[SH](=O)=O. The molecule has 21 heavy (non-hydrogen) atoms. The minimum absolute atomic E-state index is 0.259. The van der Waals surface area contributed by atoms with Crippen molar-refractivity contribution in [2.24, 2.45) is 0 Å². The highest BCUT2D eigenvalue weighted by atomic mass is 32.2. The van der Waals surface area contributed by atoms with Gasteiger partial charge in [-0.3, -0.25) is 0 Å². The lowest BCUT2D eigenvalue weighted by Crippen LogP contribution is -2.36. The first-order chi connectivity index (χ1) is 9.43. The second kappa shape index (κ2) is 6.02.